The van der Waals surface area contributed by atoms with E-state index in [1.807, 2.05) is 13.8 Å². The molecule has 0 aromatic heterocycles. The Morgan fingerprint density at radius 3 is 2.21 bits per heavy atom. The first-order valence-corrected chi connectivity index (χ1v) is 7.32. The molecule has 19 heavy (non-hydrogen) atoms. The maximum atomic E-state index is 14.3. The number of hydrogen-bond acceptors (Lipinski definition) is 1. The van der Waals surface area contributed by atoms with E-state index < -0.39 is 5.92 Å². The van der Waals surface area contributed by atoms with Gasteiger partial charge in [0.05, 0.1) is 6.54 Å². The molecule has 0 heterocycles. The topological polar surface area (TPSA) is 3.24 Å². The van der Waals surface area contributed by atoms with Crippen molar-refractivity contribution in [1.29, 1.82) is 0 Å². The molecular formula is C15H22ClF2N. The fraction of sp³-hybridized carbons (Fsp3) is 0.600. The van der Waals surface area contributed by atoms with E-state index in [1.165, 1.54) is 12.1 Å². The predicted molar refractivity (Wildman–Crippen MR) is 77.0 cm³/mol. The Labute approximate surface area is 119 Å². The van der Waals surface area contributed by atoms with E-state index in [2.05, 4.69) is 0 Å². The van der Waals surface area contributed by atoms with Crippen molar-refractivity contribution in [2.24, 2.45) is 0 Å². The van der Waals surface area contributed by atoms with Gasteiger partial charge >= 0.3 is 0 Å². The van der Waals surface area contributed by atoms with Crippen molar-refractivity contribution in [3.8, 4) is 0 Å². The minimum atomic E-state index is -2.84. The SMILES string of the molecule is CCC(CC)N(CCCl)CC(F)(F)c1ccccc1. The van der Waals surface area contributed by atoms with Gasteiger partial charge in [0.2, 0.25) is 0 Å². The molecule has 0 N–H and O–H groups in total. The molecule has 0 aliphatic carbocycles. The number of alkyl halides is 3. The van der Waals surface area contributed by atoms with Crippen molar-refractivity contribution in [2.45, 2.75) is 38.7 Å². The maximum Gasteiger partial charge on any atom is 0.285 e. The summed E-state index contributed by atoms with van der Waals surface area (Å²) < 4.78 is 28.6. The van der Waals surface area contributed by atoms with Crippen LogP contribution < -0.4 is 0 Å². The molecule has 0 aliphatic rings. The van der Waals surface area contributed by atoms with Gasteiger partial charge in [-0.3, -0.25) is 4.90 Å². The lowest BCUT2D eigenvalue weighted by atomic mass is 10.1. The minimum absolute atomic E-state index is 0.0699. The fourth-order valence-electron chi connectivity index (χ4n) is 2.33. The quantitative estimate of drug-likeness (QED) is 0.637. The Morgan fingerprint density at radius 1 is 1.16 bits per heavy atom. The van der Waals surface area contributed by atoms with Crippen LogP contribution in [-0.4, -0.2) is 29.9 Å². The number of hydrogen-bond donors (Lipinski definition) is 0. The molecule has 0 atom stereocenters. The van der Waals surface area contributed by atoms with Crippen LogP contribution in [0.2, 0.25) is 0 Å². The fourth-order valence-corrected chi connectivity index (χ4v) is 2.55. The van der Waals surface area contributed by atoms with Crippen molar-refractivity contribution in [2.75, 3.05) is 19.0 Å². The molecule has 0 aliphatic heterocycles. The van der Waals surface area contributed by atoms with Crippen LogP contribution in [0.25, 0.3) is 0 Å². The minimum Gasteiger partial charge on any atom is -0.293 e. The third-order valence-electron chi connectivity index (χ3n) is 3.43. The largest absolute Gasteiger partial charge is 0.293 e. The third kappa shape index (κ3) is 4.73. The van der Waals surface area contributed by atoms with Crippen LogP contribution in [0.5, 0.6) is 0 Å². The highest BCUT2D eigenvalue weighted by Gasteiger charge is 2.35. The molecule has 0 bridgehead atoms. The van der Waals surface area contributed by atoms with Crippen molar-refractivity contribution in [3.63, 3.8) is 0 Å². The Balaban J connectivity index is 2.82. The van der Waals surface area contributed by atoms with Crippen LogP contribution >= 0.6 is 11.6 Å². The van der Waals surface area contributed by atoms with Gasteiger partial charge in [0.1, 0.15) is 0 Å². The Kier molecular flexibility index (Phi) is 6.73. The molecule has 1 aromatic carbocycles. The van der Waals surface area contributed by atoms with Crippen molar-refractivity contribution < 1.29 is 8.78 Å². The summed E-state index contributed by atoms with van der Waals surface area (Å²) in [7, 11) is 0. The molecule has 0 unspecified atom stereocenters. The molecular weight excluding hydrogens is 268 g/mol. The molecule has 0 spiro atoms. The lowest BCUT2D eigenvalue weighted by molar-refractivity contribution is -0.0474. The predicted octanol–water partition coefficient (Wildman–Crippen LogP) is 4.51. The van der Waals surface area contributed by atoms with E-state index in [1.54, 1.807) is 23.1 Å². The second kappa shape index (κ2) is 7.81. The highest BCUT2D eigenvalue weighted by Crippen LogP contribution is 2.30. The first kappa shape index (κ1) is 16.4. The average Bonchev–Trinajstić information content (AvgIpc) is 2.41. The van der Waals surface area contributed by atoms with Crippen molar-refractivity contribution in [1.82, 2.24) is 4.90 Å². The van der Waals surface area contributed by atoms with Crippen LogP contribution in [0.3, 0.4) is 0 Å². The molecule has 108 valence electrons. The second-order valence-electron chi connectivity index (χ2n) is 4.70. The smallest absolute Gasteiger partial charge is 0.285 e. The van der Waals surface area contributed by atoms with E-state index in [4.69, 9.17) is 11.6 Å². The van der Waals surface area contributed by atoms with E-state index >= 15 is 0 Å². The summed E-state index contributed by atoms with van der Waals surface area (Å²) in [6, 6.07) is 8.15. The van der Waals surface area contributed by atoms with Gasteiger partial charge in [-0.25, -0.2) is 0 Å². The second-order valence-corrected chi connectivity index (χ2v) is 5.08. The summed E-state index contributed by atoms with van der Waals surface area (Å²) in [4.78, 5) is 1.81. The zero-order valence-electron chi connectivity index (χ0n) is 11.6. The molecule has 1 rings (SSSR count). The first-order chi connectivity index (χ1) is 9.05. The zero-order chi connectivity index (χ0) is 14.3. The number of halogens is 3. The summed E-state index contributed by atoms with van der Waals surface area (Å²) in [5, 5.41) is 0. The van der Waals surface area contributed by atoms with Crippen LogP contribution in [0.1, 0.15) is 32.3 Å². The van der Waals surface area contributed by atoms with Gasteiger partial charge in [0, 0.05) is 24.0 Å². The average molecular weight is 290 g/mol. The van der Waals surface area contributed by atoms with E-state index in [9.17, 15) is 8.78 Å². The molecule has 0 fully saturated rings. The van der Waals surface area contributed by atoms with Crippen LogP contribution in [0.15, 0.2) is 30.3 Å². The highest BCUT2D eigenvalue weighted by atomic mass is 35.5. The van der Waals surface area contributed by atoms with Gasteiger partial charge in [-0.05, 0) is 12.8 Å². The summed E-state index contributed by atoms with van der Waals surface area (Å²) in [6.45, 7) is 4.28. The number of rotatable bonds is 8. The van der Waals surface area contributed by atoms with Crippen molar-refractivity contribution >= 4 is 11.6 Å². The van der Waals surface area contributed by atoms with Gasteiger partial charge in [-0.15, -0.1) is 11.6 Å². The van der Waals surface area contributed by atoms with Crippen molar-refractivity contribution in [3.05, 3.63) is 35.9 Å². The normalized spacial score (nSPS) is 12.4. The van der Waals surface area contributed by atoms with Crippen LogP contribution in [0, 0.1) is 0 Å². The molecule has 4 heteroatoms. The number of nitrogens with zero attached hydrogens (tertiary/aromatic N) is 1. The Hall–Kier alpha value is -0.670. The van der Waals surface area contributed by atoms with Gasteiger partial charge in [0.15, 0.2) is 0 Å². The van der Waals surface area contributed by atoms with Gasteiger partial charge in [-0.2, -0.15) is 8.78 Å². The number of benzene rings is 1. The van der Waals surface area contributed by atoms with Gasteiger partial charge < -0.3 is 0 Å². The van der Waals surface area contributed by atoms with Crippen LogP contribution in [0.4, 0.5) is 8.78 Å². The summed E-state index contributed by atoms with van der Waals surface area (Å²) in [5.41, 5.74) is 0.0699. The van der Waals surface area contributed by atoms with Gasteiger partial charge in [-0.1, -0.05) is 44.2 Å². The zero-order valence-corrected chi connectivity index (χ0v) is 12.3. The van der Waals surface area contributed by atoms with E-state index in [-0.39, 0.29) is 18.2 Å². The molecule has 0 saturated heterocycles. The lowest BCUT2D eigenvalue weighted by Crippen LogP contribution is -2.43. The first-order valence-electron chi connectivity index (χ1n) is 6.78. The lowest BCUT2D eigenvalue weighted by Gasteiger charge is -2.33. The van der Waals surface area contributed by atoms with Gasteiger partial charge in [0.25, 0.3) is 5.92 Å². The molecule has 1 nitrogen and oxygen atoms in total. The molecule has 0 amide bonds. The molecule has 1 aromatic rings. The standard InChI is InChI=1S/C15H22ClF2N/c1-3-14(4-2)19(11-10-16)12-15(17,18)13-8-6-5-7-9-13/h5-9,14H,3-4,10-12H2,1-2H3. The van der Waals surface area contributed by atoms with Crippen LogP contribution in [-0.2, 0) is 5.92 Å². The summed E-state index contributed by atoms with van der Waals surface area (Å²) in [6.07, 6.45) is 1.72. The highest BCUT2D eigenvalue weighted by molar-refractivity contribution is 6.18. The van der Waals surface area contributed by atoms with E-state index in [0.29, 0.717) is 12.4 Å². The third-order valence-corrected chi connectivity index (χ3v) is 3.60. The Morgan fingerprint density at radius 2 is 1.74 bits per heavy atom. The maximum absolute atomic E-state index is 14.3. The van der Waals surface area contributed by atoms with E-state index in [0.717, 1.165) is 12.8 Å². The summed E-state index contributed by atoms with van der Waals surface area (Å²) in [5.74, 6) is -2.46. The monoisotopic (exact) mass is 289 g/mol. The molecule has 0 radical (unpaired) electrons. The molecule has 0 saturated carbocycles. The summed E-state index contributed by atoms with van der Waals surface area (Å²) >= 11 is 5.74. The Bertz CT molecular complexity index is 352.